The molecule has 132 valence electrons. The Morgan fingerprint density at radius 3 is 2.25 bits per heavy atom. The number of alkyl halides is 3. The van der Waals surface area contributed by atoms with Gasteiger partial charge < -0.3 is 15.8 Å². The molecule has 2 aliphatic rings. The molecule has 0 radical (unpaired) electrons. The fraction of sp³-hybridized carbons (Fsp3) is 0.588. The van der Waals surface area contributed by atoms with Crippen LogP contribution in [0.4, 0.5) is 13.2 Å². The zero-order chi connectivity index (χ0) is 17.3. The second-order valence-electron chi connectivity index (χ2n) is 6.75. The van der Waals surface area contributed by atoms with Crippen molar-refractivity contribution in [3.05, 3.63) is 29.8 Å². The lowest BCUT2D eigenvalue weighted by atomic mass is 9.67. The van der Waals surface area contributed by atoms with Gasteiger partial charge in [-0.25, -0.2) is 0 Å². The van der Waals surface area contributed by atoms with E-state index in [-0.39, 0.29) is 23.7 Å². The van der Waals surface area contributed by atoms with E-state index in [1.807, 2.05) is 0 Å². The molecule has 2 atom stereocenters. The van der Waals surface area contributed by atoms with Crippen LogP contribution in [0.15, 0.2) is 24.3 Å². The van der Waals surface area contributed by atoms with Gasteiger partial charge in [-0.1, -0.05) is 6.42 Å². The number of ether oxygens (including phenoxy) is 1. The van der Waals surface area contributed by atoms with Crippen LogP contribution in [0.5, 0.6) is 5.75 Å². The van der Waals surface area contributed by atoms with Crippen molar-refractivity contribution in [1.29, 1.82) is 0 Å². The van der Waals surface area contributed by atoms with E-state index in [9.17, 15) is 18.0 Å². The van der Waals surface area contributed by atoms with Crippen molar-refractivity contribution >= 4 is 5.91 Å². The van der Waals surface area contributed by atoms with Crippen LogP contribution in [0.1, 0.15) is 42.5 Å². The summed E-state index contributed by atoms with van der Waals surface area (Å²) in [5.74, 6) is 0.194. The number of nitrogens with two attached hydrogens (primary N) is 1. The van der Waals surface area contributed by atoms with Crippen molar-refractivity contribution in [1.82, 2.24) is 5.32 Å². The highest BCUT2D eigenvalue weighted by Gasteiger charge is 2.40. The lowest BCUT2D eigenvalue weighted by Crippen LogP contribution is -2.53. The van der Waals surface area contributed by atoms with Crippen molar-refractivity contribution in [2.45, 2.75) is 50.6 Å². The van der Waals surface area contributed by atoms with Crippen LogP contribution in [0.3, 0.4) is 0 Å². The predicted octanol–water partition coefficient (Wildman–Crippen LogP) is 3.22. The number of nitrogens with one attached hydrogen (secondary N) is 1. The highest BCUT2D eigenvalue weighted by molar-refractivity contribution is 5.94. The fourth-order valence-corrected chi connectivity index (χ4v) is 4.07. The van der Waals surface area contributed by atoms with Crippen molar-refractivity contribution in [2.24, 2.45) is 17.6 Å². The Morgan fingerprint density at radius 2 is 1.71 bits per heavy atom. The van der Waals surface area contributed by atoms with Gasteiger partial charge in [-0.3, -0.25) is 4.79 Å². The largest absolute Gasteiger partial charge is 0.573 e. The summed E-state index contributed by atoms with van der Waals surface area (Å²) in [5.41, 5.74) is 6.41. The van der Waals surface area contributed by atoms with Crippen LogP contribution in [-0.4, -0.2) is 24.4 Å². The normalized spacial score (nSPS) is 29.8. The van der Waals surface area contributed by atoms with Crippen LogP contribution < -0.4 is 15.8 Å². The topological polar surface area (TPSA) is 64.3 Å². The third kappa shape index (κ3) is 4.01. The van der Waals surface area contributed by atoms with E-state index in [0.717, 1.165) is 44.2 Å². The van der Waals surface area contributed by atoms with Gasteiger partial charge in [0.2, 0.25) is 0 Å². The molecule has 0 aromatic heterocycles. The molecule has 24 heavy (non-hydrogen) atoms. The smallest absolute Gasteiger partial charge is 0.406 e. The number of amides is 1. The average Bonchev–Trinajstić information content (AvgIpc) is 2.47. The first-order valence-corrected chi connectivity index (χ1v) is 8.24. The minimum absolute atomic E-state index is 0.108. The molecule has 0 spiro atoms. The zero-order valence-electron chi connectivity index (χ0n) is 13.2. The first-order valence-electron chi connectivity index (χ1n) is 8.24. The molecule has 0 aliphatic heterocycles. The maximum atomic E-state index is 12.4. The lowest BCUT2D eigenvalue weighted by Gasteiger charge is -2.45. The standard InChI is InChI=1S/C17H21F3N2O2/c18-17(19,20)24-14-6-4-10(5-7-14)16(23)22-15-11-2-1-3-12(15)9-13(21)8-11/h4-7,11-13,15H,1-3,8-9,21H2,(H,22,23). The Bertz CT molecular complexity index is 574. The van der Waals surface area contributed by atoms with Gasteiger partial charge in [-0.15, -0.1) is 13.2 Å². The maximum Gasteiger partial charge on any atom is 0.573 e. The highest BCUT2D eigenvalue weighted by atomic mass is 19.4. The van der Waals surface area contributed by atoms with E-state index in [1.165, 1.54) is 12.1 Å². The van der Waals surface area contributed by atoms with Crippen LogP contribution in [-0.2, 0) is 0 Å². The van der Waals surface area contributed by atoms with Crippen LogP contribution in [0, 0.1) is 11.8 Å². The fourth-order valence-electron chi connectivity index (χ4n) is 4.07. The van der Waals surface area contributed by atoms with Crippen molar-refractivity contribution in [3.63, 3.8) is 0 Å². The molecule has 1 aromatic rings. The first kappa shape index (κ1) is 17.1. The Morgan fingerprint density at radius 1 is 1.12 bits per heavy atom. The summed E-state index contributed by atoms with van der Waals surface area (Å²) >= 11 is 0. The number of fused-ring (bicyclic) bond motifs is 2. The van der Waals surface area contributed by atoms with Gasteiger partial charge in [-0.05, 0) is 61.8 Å². The zero-order valence-corrected chi connectivity index (χ0v) is 13.2. The molecule has 4 nitrogen and oxygen atoms in total. The molecule has 2 saturated carbocycles. The van der Waals surface area contributed by atoms with E-state index in [1.54, 1.807) is 0 Å². The van der Waals surface area contributed by atoms with Gasteiger partial charge in [0.15, 0.2) is 0 Å². The number of hydrogen-bond donors (Lipinski definition) is 2. The molecule has 2 bridgehead atoms. The minimum atomic E-state index is -4.73. The molecule has 2 unspecified atom stereocenters. The monoisotopic (exact) mass is 342 g/mol. The number of carbonyl (C=O) groups excluding carboxylic acids is 1. The van der Waals surface area contributed by atoms with Gasteiger partial charge in [0, 0.05) is 17.6 Å². The molecule has 1 amide bonds. The summed E-state index contributed by atoms with van der Waals surface area (Å²) in [6.07, 6.45) is 0.389. The van der Waals surface area contributed by atoms with Crippen molar-refractivity contribution in [3.8, 4) is 5.75 Å². The van der Waals surface area contributed by atoms with Gasteiger partial charge in [0.1, 0.15) is 5.75 Å². The second kappa shape index (κ2) is 6.63. The van der Waals surface area contributed by atoms with E-state index < -0.39 is 6.36 Å². The van der Waals surface area contributed by atoms with Gasteiger partial charge in [0.25, 0.3) is 5.91 Å². The number of halogens is 3. The summed E-state index contributed by atoms with van der Waals surface area (Å²) < 4.78 is 40.3. The van der Waals surface area contributed by atoms with Crippen LogP contribution in [0.2, 0.25) is 0 Å². The third-order valence-electron chi connectivity index (χ3n) is 5.02. The molecule has 7 heteroatoms. The average molecular weight is 342 g/mol. The Kier molecular flexibility index (Phi) is 4.71. The quantitative estimate of drug-likeness (QED) is 0.886. The summed E-state index contributed by atoms with van der Waals surface area (Å²) in [5, 5.41) is 3.07. The number of carbonyl (C=O) groups is 1. The van der Waals surface area contributed by atoms with Gasteiger partial charge in [0.05, 0.1) is 0 Å². The first-order chi connectivity index (χ1) is 11.3. The molecule has 0 saturated heterocycles. The van der Waals surface area contributed by atoms with E-state index in [4.69, 9.17) is 5.73 Å². The lowest BCUT2D eigenvalue weighted by molar-refractivity contribution is -0.274. The SMILES string of the molecule is NC1CC2CCCC(C1)C2NC(=O)c1ccc(OC(F)(F)F)cc1. The number of hydrogen-bond acceptors (Lipinski definition) is 3. The highest BCUT2D eigenvalue weighted by Crippen LogP contribution is 2.39. The Balaban J connectivity index is 1.64. The van der Waals surface area contributed by atoms with Crippen LogP contribution >= 0.6 is 0 Å². The van der Waals surface area contributed by atoms with Crippen molar-refractivity contribution in [2.75, 3.05) is 0 Å². The molecule has 3 rings (SSSR count). The number of rotatable bonds is 3. The predicted molar refractivity (Wildman–Crippen MR) is 82.4 cm³/mol. The molecule has 2 fully saturated rings. The van der Waals surface area contributed by atoms with Gasteiger partial charge >= 0.3 is 6.36 Å². The van der Waals surface area contributed by atoms with E-state index in [0.29, 0.717) is 17.4 Å². The Labute approximate surface area is 138 Å². The molecular weight excluding hydrogens is 321 g/mol. The summed E-state index contributed by atoms with van der Waals surface area (Å²) in [6.45, 7) is 0. The molecule has 3 N–H and O–H groups in total. The third-order valence-corrected chi connectivity index (χ3v) is 5.02. The maximum absolute atomic E-state index is 12.4. The number of benzene rings is 1. The van der Waals surface area contributed by atoms with Gasteiger partial charge in [-0.2, -0.15) is 0 Å². The van der Waals surface area contributed by atoms with E-state index >= 15 is 0 Å². The Hall–Kier alpha value is -1.76. The van der Waals surface area contributed by atoms with Crippen LogP contribution in [0.25, 0.3) is 0 Å². The summed E-state index contributed by atoms with van der Waals surface area (Å²) in [6, 6.07) is 5.31. The second-order valence-corrected chi connectivity index (χ2v) is 6.75. The molecular formula is C17H21F3N2O2. The molecule has 2 aliphatic carbocycles. The molecule has 1 aromatic carbocycles. The molecule has 0 heterocycles. The summed E-state index contributed by atoms with van der Waals surface area (Å²) in [7, 11) is 0. The summed E-state index contributed by atoms with van der Waals surface area (Å²) in [4.78, 5) is 12.4. The minimum Gasteiger partial charge on any atom is -0.406 e. The van der Waals surface area contributed by atoms with Crippen molar-refractivity contribution < 1.29 is 22.7 Å². The van der Waals surface area contributed by atoms with E-state index in [2.05, 4.69) is 10.1 Å².